The van der Waals surface area contributed by atoms with Crippen LogP contribution in [0.4, 0.5) is 4.39 Å². The molecule has 0 bridgehead atoms. The molecule has 2 aromatic heterocycles. The molecular formula is C12H11FN2O3. The first-order valence-electron chi connectivity index (χ1n) is 5.37. The number of esters is 1. The zero-order valence-corrected chi connectivity index (χ0v) is 9.94. The molecule has 18 heavy (non-hydrogen) atoms. The Morgan fingerprint density at radius 1 is 1.56 bits per heavy atom. The highest BCUT2D eigenvalue weighted by atomic mass is 19.1. The van der Waals surface area contributed by atoms with Crippen LogP contribution in [0.1, 0.15) is 17.3 Å². The molecular weight excluding hydrogens is 239 g/mol. The first-order valence-corrected chi connectivity index (χ1v) is 5.37. The number of rotatable bonds is 2. The zero-order chi connectivity index (χ0) is 13.3. The molecule has 0 aliphatic heterocycles. The molecule has 5 nitrogen and oxygen atoms in total. The number of carbonyl (C=O) groups is 1. The molecule has 0 unspecified atom stereocenters. The summed E-state index contributed by atoms with van der Waals surface area (Å²) in [5, 5.41) is 0. The fourth-order valence-corrected chi connectivity index (χ4v) is 1.72. The highest BCUT2D eigenvalue weighted by Gasteiger charge is 2.17. The quantitative estimate of drug-likeness (QED) is 0.752. The summed E-state index contributed by atoms with van der Waals surface area (Å²) in [5.41, 5.74) is -0.450. The van der Waals surface area contributed by atoms with E-state index < -0.39 is 17.3 Å². The maximum Gasteiger partial charge on any atom is 0.343 e. The highest BCUT2D eigenvalue weighted by molar-refractivity contribution is 5.92. The van der Waals surface area contributed by atoms with Crippen LogP contribution in [0, 0.1) is 5.82 Å². The van der Waals surface area contributed by atoms with Gasteiger partial charge in [0.05, 0.1) is 12.1 Å². The fraction of sp³-hybridized carbons (Fsp3) is 0.250. The van der Waals surface area contributed by atoms with Crippen LogP contribution < -0.4 is 5.56 Å². The van der Waals surface area contributed by atoms with E-state index in [1.165, 1.54) is 19.3 Å². The summed E-state index contributed by atoms with van der Waals surface area (Å²) in [7, 11) is 1.39. The Bertz CT molecular complexity index is 679. The second-order valence-electron chi connectivity index (χ2n) is 3.67. The van der Waals surface area contributed by atoms with Crippen LogP contribution in [-0.4, -0.2) is 22.1 Å². The van der Waals surface area contributed by atoms with E-state index in [4.69, 9.17) is 4.74 Å². The van der Waals surface area contributed by atoms with Gasteiger partial charge in [0.15, 0.2) is 5.82 Å². The minimum absolute atomic E-state index is 0.0653. The Balaban J connectivity index is 2.76. The molecule has 2 rings (SSSR count). The van der Waals surface area contributed by atoms with E-state index in [0.29, 0.717) is 0 Å². The first kappa shape index (κ1) is 12.2. The van der Waals surface area contributed by atoms with Crippen molar-refractivity contribution in [1.29, 1.82) is 0 Å². The molecule has 0 aliphatic carbocycles. The van der Waals surface area contributed by atoms with Gasteiger partial charge in [-0.05, 0) is 19.1 Å². The van der Waals surface area contributed by atoms with Crippen LogP contribution in [0.2, 0.25) is 0 Å². The molecule has 0 fully saturated rings. The predicted molar refractivity (Wildman–Crippen MR) is 62.9 cm³/mol. The molecule has 0 saturated heterocycles. The number of fused-ring (bicyclic) bond motifs is 1. The summed E-state index contributed by atoms with van der Waals surface area (Å²) in [6.07, 6.45) is 1.27. The Morgan fingerprint density at radius 3 is 2.94 bits per heavy atom. The third-order valence-electron chi connectivity index (χ3n) is 2.55. The number of ether oxygens (including phenoxy) is 1. The Labute approximate surface area is 102 Å². The Morgan fingerprint density at radius 2 is 2.28 bits per heavy atom. The van der Waals surface area contributed by atoms with Gasteiger partial charge in [0.25, 0.3) is 5.56 Å². The third-order valence-corrected chi connectivity index (χ3v) is 2.55. The number of hydrogen-bond acceptors (Lipinski definition) is 4. The smallest absolute Gasteiger partial charge is 0.343 e. The van der Waals surface area contributed by atoms with Crippen molar-refractivity contribution in [2.75, 3.05) is 6.61 Å². The van der Waals surface area contributed by atoms with E-state index in [1.807, 2.05) is 0 Å². The van der Waals surface area contributed by atoms with Crippen molar-refractivity contribution in [2.45, 2.75) is 6.92 Å². The van der Waals surface area contributed by atoms with Crippen LogP contribution >= 0.6 is 0 Å². The number of hydrogen-bond donors (Lipinski definition) is 0. The molecule has 6 heteroatoms. The van der Waals surface area contributed by atoms with Crippen molar-refractivity contribution in [3.63, 3.8) is 0 Å². The molecule has 0 radical (unpaired) electrons. The molecule has 0 N–H and O–H groups in total. The van der Waals surface area contributed by atoms with Gasteiger partial charge in [-0.2, -0.15) is 0 Å². The molecule has 0 aromatic carbocycles. The lowest BCUT2D eigenvalue weighted by atomic mass is 10.2. The molecule has 0 saturated carbocycles. The van der Waals surface area contributed by atoms with Crippen LogP contribution in [0.25, 0.3) is 11.0 Å². The van der Waals surface area contributed by atoms with Gasteiger partial charge in [-0.15, -0.1) is 0 Å². The van der Waals surface area contributed by atoms with Gasteiger partial charge in [0.1, 0.15) is 11.1 Å². The number of aromatic nitrogens is 2. The topological polar surface area (TPSA) is 61.2 Å². The lowest BCUT2D eigenvalue weighted by Gasteiger charge is -2.08. The van der Waals surface area contributed by atoms with Crippen molar-refractivity contribution in [1.82, 2.24) is 9.55 Å². The number of halogens is 1. The maximum atomic E-state index is 13.6. The summed E-state index contributed by atoms with van der Waals surface area (Å²) in [4.78, 5) is 27.4. The van der Waals surface area contributed by atoms with Crippen molar-refractivity contribution in [2.24, 2.45) is 7.05 Å². The summed E-state index contributed by atoms with van der Waals surface area (Å²) in [6, 6.07) is 2.41. The summed E-state index contributed by atoms with van der Waals surface area (Å²) in [5.74, 6) is -1.29. The standard InChI is InChI=1S/C12H11FN2O3/c1-3-18-12(17)7-6-9-10(15(2)11(7)16)8(13)4-5-14-9/h4-6H,3H2,1-2H3. The van der Waals surface area contributed by atoms with Crippen molar-refractivity contribution >= 4 is 17.0 Å². The minimum atomic E-state index is -0.730. The van der Waals surface area contributed by atoms with Gasteiger partial charge < -0.3 is 9.30 Å². The first-order chi connectivity index (χ1) is 8.56. The molecule has 0 amide bonds. The Kier molecular flexibility index (Phi) is 3.10. The average Bonchev–Trinajstić information content (AvgIpc) is 2.33. The molecule has 2 aromatic rings. The van der Waals surface area contributed by atoms with Crippen LogP contribution in [-0.2, 0) is 11.8 Å². The van der Waals surface area contributed by atoms with Crippen LogP contribution in [0.5, 0.6) is 0 Å². The summed E-state index contributed by atoms with van der Waals surface area (Å²) in [6.45, 7) is 1.80. The highest BCUT2D eigenvalue weighted by Crippen LogP contribution is 2.14. The summed E-state index contributed by atoms with van der Waals surface area (Å²) < 4.78 is 19.4. The van der Waals surface area contributed by atoms with Gasteiger partial charge in [0, 0.05) is 13.2 Å². The van der Waals surface area contributed by atoms with Gasteiger partial charge >= 0.3 is 5.97 Å². The lowest BCUT2D eigenvalue weighted by molar-refractivity contribution is 0.0524. The molecule has 94 valence electrons. The van der Waals surface area contributed by atoms with Gasteiger partial charge in [-0.1, -0.05) is 0 Å². The van der Waals surface area contributed by atoms with Crippen molar-refractivity contribution in [3.05, 3.63) is 40.1 Å². The largest absolute Gasteiger partial charge is 0.462 e. The summed E-state index contributed by atoms with van der Waals surface area (Å²) >= 11 is 0. The monoisotopic (exact) mass is 250 g/mol. The SMILES string of the molecule is CCOC(=O)c1cc2nccc(F)c2n(C)c1=O. The second kappa shape index (κ2) is 4.56. The van der Waals surface area contributed by atoms with Crippen LogP contribution in [0.15, 0.2) is 23.1 Å². The second-order valence-corrected chi connectivity index (χ2v) is 3.67. The lowest BCUT2D eigenvalue weighted by Crippen LogP contribution is -2.26. The van der Waals surface area contributed by atoms with E-state index in [1.54, 1.807) is 6.92 Å². The van der Waals surface area contributed by atoms with E-state index in [0.717, 1.165) is 10.6 Å². The Hall–Kier alpha value is -2.24. The van der Waals surface area contributed by atoms with Gasteiger partial charge in [-0.25, -0.2) is 9.18 Å². The van der Waals surface area contributed by atoms with E-state index >= 15 is 0 Å². The fourth-order valence-electron chi connectivity index (χ4n) is 1.72. The van der Waals surface area contributed by atoms with Gasteiger partial charge in [0.2, 0.25) is 0 Å². The van der Waals surface area contributed by atoms with E-state index in [-0.39, 0.29) is 23.2 Å². The number of pyridine rings is 2. The number of carbonyl (C=O) groups excluding carboxylic acids is 1. The average molecular weight is 250 g/mol. The van der Waals surface area contributed by atoms with E-state index in [9.17, 15) is 14.0 Å². The van der Waals surface area contributed by atoms with Gasteiger partial charge in [-0.3, -0.25) is 9.78 Å². The molecule has 0 aliphatic rings. The molecule has 0 atom stereocenters. The number of nitrogens with zero attached hydrogens (tertiary/aromatic N) is 2. The minimum Gasteiger partial charge on any atom is -0.462 e. The molecule has 2 heterocycles. The van der Waals surface area contributed by atoms with E-state index in [2.05, 4.69) is 4.98 Å². The van der Waals surface area contributed by atoms with Crippen molar-refractivity contribution in [3.8, 4) is 0 Å². The molecule has 0 spiro atoms. The third kappa shape index (κ3) is 1.85. The van der Waals surface area contributed by atoms with Crippen LogP contribution in [0.3, 0.4) is 0 Å². The predicted octanol–water partition coefficient (Wildman–Crippen LogP) is 1.25. The number of aryl methyl sites for hydroxylation is 1. The van der Waals surface area contributed by atoms with Crippen molar-refractivity contribution < 1.29 is 13.9 Å². The maximum absolute atomic E-state index is 13.6. The normalized spacial score (nSPS) is 10.6. The zero-order valence-electron chi connectivity index (χ0n) is 9.94.